The molecule has 0 aliphatic heterocycles. The van der Waals surface area contributed by atoms with Crippen molar-refractivity contribution < 1.29 is 9.53 Å². The molecule has 1 aromatic heterocycles. The van der Waals surface area contributed by atoms with E-state index < -0.39 is 0 Å². The van der Waals surface area contributed by atoms with Crippen LogP contribution in [0.2, 0.25) is 0 Å². The van der Waals surface area contributed by atoms with Crippen LogP contribution in [0.15, 0.2) is 0 Å². The highest BCUT2D eigenvalue weighted by Gasteiger charge is 2.05. The Morgan fingerprint density at radius 3 is 3.10 bits per heavy atom. The molecule has 5 heteroatoms. The normalized spacial score (nSPS) is 9.30. The summed E-state index contributed by atoms with van der Waals surface area (Å²) in [4.78, 5) is 10.0. The lowest BCUT2D eigenvalue weighted by Crippen LogP contribution is -1.91. The Bertz CT molecular complexity index is 223. The highest BCUT2D eigenvalue weighted by Crippen LogP contribution is 2.13. The molecule has 0 atom stereocenters. The van der Waals surface area contributed by atoms with Gasteiger partial charge < -0.3 is 9.53 Å². The third-order valence-corrected chi connectivity index (χ3v) is 1.54. The van der Waals surface area contributed by atoms with Crippen molar-refractivity contribution in [3.63, 3.8) is 0 Å². The van der Waals surface area contributed by atoms with Crippen LogP contribution in [-0.4, -0.2) is 22.1 Å². The van der Waals surface area contributed by atoms with Crippen molar-refractivity contribution in [1.29, 1.82) is 0 Å². The van der Waals surface area contributed by atoms with E-state index in [0.29, 0.717) is 11.6 Å². The molecule has 54 valence electrons. The number of carbonyl (C=O) groups is 1. The van der Waals surface area contributed by atoms with Gasteiger partial charge in [0.2, 0.25) is 5.88 Å². The summed E-state index contributed by atoms with van der Waals surface area (Å²) in [7, 11) is 1.50. The van der Waals surface area contributed by atoms with E-state index in [-0.39, 0.29) is 6.42 Å². The molecule has 4 nitrogen and oxygen atoms in total. The Hall–Kier alpha value is -0.970. The van der Waals surface area contributed by atoms with Crippen LogP contribution in [0.25, 0.3) is 0 Å². The molecule has 0 N–H and O–H groups in total. The van der Waals surface area contributed by atoms with E-state index in [1.807, 2.05) is 0 Å². The zero-order chi connectivity index (χ0) is 7.40. The molecule has 0 saturated carbocycles. The fourth-order valence-corrected chi connectivity index (χ4v) is 1.10. The Balaban J connectivity index is 2.79. The monoisotopic (exact) mass is 158 g/mol. The lowest BCUT2D eigenvalue weighted by Gasteiger charge is -1.91. The van der Waals surface area contributed by atoms with Gasteiger partial charge in [0, 0.05) is 0 Å². The van der Waals surface area contributed by atoms with Crippen molar-refractivity contribution in [2.45, 2.75) is 6.42 Å². The molecule has 1 rings (SSSR count). The average molecular weight is 158 g/mol. The van der Waals surface area contributed by atoms with Gasteiger partial charge in [0.05, 0.1) is 25.3 Å². The summed E-state index contributed by atoms with van der Waals surface area (Å²) in [5.41, 5.74) is 0.613. The molecule has 0 radical (unpaired) electrons. The van der Waals surface area contributed by atoms with Crippen molar-refractivity contribution in [2.24, 2.45) is 0 Å². The van der Waals surface area contributed by atoms with E-state index in [1.54, 1.807) is 0 Å². The second kappa shape index (κ2) is 3.26. The van der Waals surface area contributed by atoms with E-state index in [9.17, 15) is 4.79 Å². The van der Waals surface area contributed by atoms with Crippen LogP contribution in [0.4, 0.5) is 0 Å². The van der Waals surface area contributed by atoms with Crippen molar-refractivity contribution >= 4 is 18.0 Å². The van der Waals surface area contributed by atoms with Gasteiger partial charge in [0.15, 0.2) is 0 Å². The Morgan fingerprint density at radius 1 is 1.70 bits per heavy atom. The van der Waals surface area contributed by atoms with Gasteiger partial charge in [-0.1, -0.05) is 0 Å². The largest absolute Gasteiger partial charge is 0.479 e. The van der Waals surface area contributed by atoms with Gasteiger partial charge in [-0.2, -0.15) is 4.37 Å². The molecule has 0 unspecified atom stereocenters. The molecule has 0 aromatic carbocycles. The van der Waals surface area contributed by atoms with E-state index in [4.69, 9.17) is 4.74 Å². The van der Waals surface area contributed by atoms with Crippen LogP contribution in [0.3, 0.4) is 0 Å². The van der Waals surface area contributed by atoms with E-state index in [1.165, 1.54) is 7.11 Å². The second-order valence-corrected chi connectivity index (χ2v) is 2.12. The molecule has 0 bridgehead atoms. The van der Waals surface area contributed by atoms with E-state index >= 15 is 0 Å². The molecule has 1 aromatic rings. The number of methoxy groups -OCH3 is 1. The molecule has 0 spiro atoms. The molecule has 0 fully saturated rings. The number of aromatic nitrogens is 2. The molecule has 0 amide bonds. The average Bonchev–Trinajstić information content (AvgIpc) is 2.36. The first kappa shape index (κ1) is 7.14. The number of ether oxygens (including phenoxy) is 1. The zero-order valence-corrected chi connectivity index (χ0v) is 6.22. The first-order valence-corrected chi connectivity index (χ1v) is 3.40. The SMILES string of the molecule is COc1nsnc1CC=O. The first-order valence-electron chi connectivity index (χ1n) is 2.67. The van der Waals surface area contributed by atoms with Crippen LogP contribution in [-0.2, 0) is 11.2 Å². The van der Waals surface area contributed by atoms with Gasteiger partial charge in [0.25, 0.3) is 0 Å². The van der Waals surface area contributed by atoms with Crippen LogP contribution < -0.4 is 4.74 Å². The molecule has 0 aliphatic carbocycles. The number of aldehydes is 1. The van der Waals surface area contributed by atoms with Crippen molar-refractivity contribution in [1.82, 2.24) is 8.75 Å². The van der Waals surface area contributed by atoms with Gasteiger partial charge in [0.1, 0.15) is 12.0 Å². The van der Waals surface area contributed by atoms with Crippen LogP contribution in [0.5, 0.6) is 5.88 Å². The van der Waals surface area contributed by atoms with Crippen LogP contribution in [0, 0.1) is 0 Å². The van der Waals surface area contributed by atoms with E-state index in [2.05, 4.69) is 8.75 Å². The minimum absolute atomic E-state index is 0.277. The highest BCUT2D eigenvalue weighted by molar-refractivity contribution is 6.99. The molecule has 10 heavy (non-hydrogen) atoms. The summed E-state index contributed by atoms with van der Waals surface area (Å²) < 4.78 is 12.5. The smallest absolute Gasteiger partial charge is 0.249 e. The number of rotatable bonds is 3. The maximum absolute atomic E-state index is 10.0. The van der Waals surface area contributed by atoms with E-state index in [0.717, 1.165) is 18.0 Å². The molecular weight excluding hydrogens is 152 g/mol. The predicted octanol–water partition coefficient (Wildman–Crippen LogP) is 0.288. The van der Waals surface area contributed by atoms with Gasteiger partial charge in [-0.15, -0.1) is 4.37 Å². The Labute approximate surface area is 62.2 Å². The third kappa shape index (κ3) is 1.30. The maximum Gasteiger partial charge on any atom is 0.249 e. The summed E-state index contributed by atoms with van der Waals surface area (Å²) in [5, 5.41) is 0. The first-order chi connectivity index (χ1) is 4.88. The minimum atomic E-state index is 0.277. The fraction of sp³-hybridized carbons (Fsp3) is 0.400. The molecule has 1 heterocycles. The van der Waals surface area contributed by atoms with Gasteiger partial charge in [-0.3, -0.25) is 0 Å². The van der Waals surface area contributed by atoms with Crippen molar-refractivity contribution in [3.8, 4) is 5.88 Å². The van der Waals surface area contributed by atoms with Gasteiger partial charge >= 0.3 is 0 Å². The zero-order valence-electron chi connectivity index (χ0n) is 5.40. The second-order valence-electron chi connectivity index (χ2n) is 1.59. The van der Waals surface area contributed by atoms with Crippen molar-refractivity contribution in [2.75, 3.05) is 7.11 Å². The molecular formula is C5H6N2O2S. The summed E-state index contributed by atoms with van der Waals surface area (Å²) in [6, 6.07) is 0. The number of nitrogens with zero attached hydrogens (tertiary/aromatic N) is 2. The van der Waals surface area contributed by atoms with Crippen molar-refractivity contribution in [3.05, 3.63) is 5.69 Å². The Kier molecular flexibility index (Phi) is 2.33. The lowest BCUT2D eigenvalue weighted by molar-refractivity contribution is -0.107. The quantitative estimate of drug-likeness (QED) is 0.593. The minimum Gasteiger partial charge on any atom is -0.479 e. The predicted molar refractivity (Wildman–Crippen MR) is 36.2 cm³/mol. The fourth-order valence-electron chi connectivity index (χ4n) is 0.557. The summed E-state index contributed by atoms with van der Waals surface area (Å²) >= 11 is 1.05. The standard InChI is InChI=1S/C5H6N2O2S/c1-9-5-4(2-3-8)6-10-7-5/h3H,2H2,1H3. The molecule has 0 saturated heterocycles. The maximum atomic E-state index is 10.0. The molecule has 0 aliphatic rings. The number of carbonyl (C=O) groups excluding carboxylic acids is 1. The number of hydrogen-bond donors (Lipinski definition) is 0. The van der Waals surface area contributed by atoms with Crippen LogP contribution in [0.1, 0.15) is 5.69 Å². The summed E-state index contributed by atoms with van der Waals surface area (Å²) in [6.07, 6.45) is 1.05. The Morgan fingerprint density at radius 2 is 2.50 bits per heavy atom. The van der Waals surface area contributed by atoms with Crippen LogP contribution >= 0.6 is 11.7 Å². The van der Waals surface area contributed by atoms with Gasteiger partial charge in [-0.05, 0) is 0 Å². The highest BCUT2D eigenvalue weighted by atomic mass is 32.1. The number of hydrogen-bond acceptors (Lipinski definition) is 5. The summed E-state index contributed by atoms with van der Waals surface area (Å²) in [6.45, 7) is 0. The third-order valence-electron chi connectivity index (χ3n) is 0.992. The summed E-state index contributed by atoms with van der Waals surface area (Å²) in [5.74, 6) is 0.456. The van der Waals surface area contributed by atoms with Gasteiger partial charge in [-0.25, -0.2) is 0 Å². The topological polar surface area (TPSA) is 52.1 Å². The lowest BCUT2D eigenvalue weighted by atomic mass is 10.3.